The maximum atomic E-state index is 14.8. The second kappa shape index (κ2) is 7.24. The monoisotopic (exact) mass is 384 g/mol. The van der Waals surface area contributed by atoms with Crippen molar-refractivity contribution in [2.45, 2.75) is 13.0 Å². The topological polar surface area (TPSA) is 49.3 Å². The molecule has 0 saturated carbocycles. The molecule has 1 aliphatic rings. The summed E-state index contributed by atoms with van der Waals surface area (Å²) in [6, 6.07) is 9.33. The Morgan fingerprint density at radius 2 is 1.96 bits per heavy atom. The number of hydrogen-bond acceptors (Lipinski definition) is 4. The number of nitrogens with zero attached hydrogens (tertiary/aromatic N) is 2. The molecule has 1 atom stereocenters. The number of pyridine rings is 1. The lowest BCUT2D eigenvalue weighted by Crippen LogP contribution is -2.49. The van der Waals surface area contributed by atoms with Crippen molar-refractivity contribution < 1.29 is 8.78 Å². The minimum Gasteiger partial charge on any atom is -0.386 e. The van der Waals surface area contributed by atoms with Crippen molar-refractivity contribution in [1.82, 2.24) is 9.88 Å². The first kappa shape index (κ1) is 18.4. The van der Waals surface area contributed by atoms with Gasteiger partial charge in [-0.15, -0.1) is 0 Å². The van der Waals surface area contributed by atoms with Gasteiger partial charge in [-0.3, -0.25) is 4.79 Å². The third-order valence-electron chi connectivity index (χ3n) is 5.17. The van der Waals surface area contributed by atoms with Crippen LogP contribution in [-0.4, -0.2) is 37.3 Å². The van der Waals surface area contributed by atoms with E-state index in [1.54, 1.807) is 36.0 Å². The molecule has 2 aromatic carbocycles. The summed E-state index contributed by atoms with van der Waals surface area (Å²) in [5.74, 6) is -0.774. The maximum absolute atomic E-state index is 14.8. The van der Waals surface area contributed by atoms with Gasteiger partial charge in [0.1, 0.15) is 11.6 Å². The van der Waals surface area contributed by atoms with E-state index in [1.807, 2.05) is 4.90 Å². The number of halogens is 2. The Morgan fingerprint density at radius 3 is 2.71 bits per heavy atom. The second-order valence-corrected chi connectivity index (χ2v) is 7.09. The van der Waals surface area contributed by atoms with Crippen LogP contribution in [0.1, 0.15) is 6.92 Å². The van der Waals surface area contributed by atoms with E-state index in [0.717, 1.165) is 6.54 Å². The summed E-state index contributed by atoms with van der Waals surface area (Å²) in [5, 5.41) is 6.45. The Hall–Kier alpha value is -2.93. The van der Waals surface area contributed by atoms with E-state index in [9.17, 15) is 13.6 Å². The highest BCUT2D eigenvalue weighted by molar-refractivity contribution is 5.84. The second-order valence-electron chi connectivity index (χ2n) is 7.09. The number of aromatic nitrogens is 1. The molecule has 0 amide bonds. The van der Waals surface area contributed by atoms with Gasteiger partial charge in [0.15, 0.2) is 5.43 Å². The zero-order valence-electron chi connectivity index (χ0n) is 15.8. The normalized spacial score (nSPS) is 17.1. The predicted octanol–water partition coefficient (Wildman–Crippen LogP) is 3.11. The number of anilines is 2. The molecule has 1 aliphatic heterocycles. The van der Waals surface area contributed by atoms with Gasteiger partial charge in [-0.1, -0.05) is 0 Å². The van der Waals surface area contributed by atoms with Crippen LogP contribution in [0, 0.1) is 11.6 Å². The number of rotatable bonds is 3. The smallest absolute Gasteiger partial charge is 0.189 e. The van der Waals surface area contributed by atoms with Crippen LogP contribution in [-0.2, 0) is 0 Å². The summed E-state index contributed by atoms with van der Waals surface area (Å²) < 4.78 is 30.5. The van der Waals surface area contributed by atoms with Gasteiger partial charge in [0, 0.05) is 56.1 Å². The first-order chi connectivity index (χ1) is 13.5. The molecule has 5 nitrogen and oxygen atoms in total. The summed E-state index contributed by atoms with van der Waals surface area (Å²) >= 11 is 0. The van der Waals surface area contributed by atoms with Gasteiger partial charge in [-0.25, -0.2) is 8.78 Å². The molecular formula is C21H22F2N4O. The first-order valence-corrected chi connectivity index (χ1v) is 9.29. The molecular weight excluding hydrogens is 362 g/mol. The van der Waals surface area contributed by atoms with Gasteiger partial charge in [0.05, 0.1) is 16.9 Å². The largest absolute Gasteiger partial charge is 0.386 e. The lowest BCUT2D eigenvalue weighted by Gasteiger charge is -2.34. The molecule has 1 aromatic heterocycles. The molecule has 0 radical (unpaired) electrons. The lowest BCUT2D eigenvalue weighted by atomic mass is 10.1. The van der Waals surface area contributed by atoms with Crippen molar-refractivity contribution in [2.75, 3.05) is 36.9 Å². The molecule has 3 aromatic rings. The average Bonchev–Trinajstić information content (AvgIpc) is 2.69. The Balaban J connectivity index is 1.91. The number of benzene rings is 2. The molecule has 1 saturated heterocycles. The summed E-state index contributed by atoms with van der Waals surface area (Å²) in [4.78, 5) is 14.3. The fourth-order valence-electron chi connectivity index (χ4n) is 3.73. The van der Waals surface area contributed by atoms with Crippen LogP contribution < -0.4 is 21.0 Å². The van der Waals surface area contributed by atoms with E-state index < -0.39 is 5.82 Å². The highest BCUT2D eigenvalue weighted by atomic mass is 19.1. The molecule has 0 aliphatic carbocycles. The molecule has 2 N–H and O–H groups in total. The molecule has 0 spiro atoms. The van der Waals surface area contributed by atoms with E-state index in [2.05, 4.69) is 17.6 Å². The Labute approximate surface area is 161 Å². The van der Waals surface area contributed by atoms with E-state index in [-0.39, 0.29) is 17.3 Å². The average molecular weight is 384 g/mol. The van der Waals surface area contributed by atoms with Crippen LogP contribution >= 0.6 is 0 Å². The van der Waals surface area contributed by atoms with Gasteiger partial charge in [-0.2, -0.15) is 0 Å². The molecule has 1 unspecified atom stereocenters. The molecule has 28 heavy (non-hydrogen) atoms. The van der Waals surface area contributed by atoms with Gasteiger partial charge in [0.25, 0.3) is 0 Å². The Morgan fingerprint density at radius 1 is 1.14 bits per heavy atom. The first-order valence-electron chi connectivity index (χ1n) is 9.29. The van der Waals surface area contributed by atoms with Gasteiger partial charge < -0.3 is 20.1 Å². The molecule has 2 heterocycles. The fourth-order valence-corrected chi connectivity index (χ4v) is 3.73. The van der Waals surface area contributed by atoms with Crippen LogP contribution in [0.15, 0.2) is 47.4 Å². The number of nitrogens with one attached hydrogen (secondary N) is 2. The standard InChI is InChI=1S/C21H22F2N4O/c1-13-12-26(8-6-25-13)20-11-19-15(10-17(20)23)21(28)5-7-27(19)14-3-4-16(22)18(9-14)24-2/h3-5,7,9-11,13,24-25H,6,8,12H2,1-2H3. The van der Waals surface area contributed by atoms with E-state index in [1.165, 1.54) is 18.2 Å². The SMILES string of the molecule is CNc1cc(-n2ccc(=O)c3cc(F)c(N4CCNC(C)C4)cc32)ccc1F. The van der Waals surface area contributed by atoms with Crippen molar-refractivity contribution in [3.63, 3.8) is 0 Å². The van der Waals surface area contributed by atoms with Gasteiger partial charge in [0.2, 0.25) is 0 Å². The summed E-state index contributed by atoms with van der Waals surface area (Å²) in [6.07, 6.45) is 1.64. The lowest BCUT2D eigenvalue weighted by molar-refractivity contribution is 0.479. The highest BCUT2D eigenvalue weighted by Gasteiger charge is 2.20. The number of hydrogen-bond donors (Lipinski definition) is 2. The number of piperazine rings is 1. The van der Waals surface area contributed by atoms with Gasteiger partial charge >= 0.3 is 0 Å². The summed E-state index contributed by atoms with van der Waals surface area (Å²) in [6.45, 7) is 4.19. The third-order valence-corrected chi connectivity index (χ3v) is 5.17. The predicted molar refractivity (Wildman–Crippen MR) is 109 cm³/mol. The van der Waals surface area contributed by atoms with Crippen molar-refractivity contribution in [3.8, 4) is 5.69 Å². The molecule has 0 bridgehead atoms. The van der Waals surface area contributed by atoms with Crippen molar-refractivity contribution in [2.24, 2.45) is 0 Å². The molecule has 1 fully saturated rings. The van der Waals surface area contributed by atoms with Crippen LogP contribution in [0.4, 0.5) is 20.2 Å². The Bertz CT molecular complexity index is 1100. The van der Waals surface area contributed by atoms with E-state index in [4.69, 9.17) is 0 Å². The van der Waals surface area contributed by atoms with Crippen LogP contribution in [0.5, 0.6) is 0 Å². The van der Waals surface area contributed by atoms with E-state index in [0.29, 0.717) is 41.1 Å². The third kappa shape index (κ3) is 3.22. The summed E-state index contributed by atoms with van der Waals surface area (Å²) in [5.41, 5.74) is 1.84. The quantitative estimate of drug-likeness (QED) is 0.729. The van der Waals surface area contributed by atoms with Crippen LogP contribution in [0.3, 0.4) is 0 Å². The van der Waals surface area contributed by atoms with E-state index >= 15 is 0 Å². The minimum atomic E-state index is -0.411. The van der Waals surface area contributed by atoms with Crippen LogP contribution in [0.25, 0.3) is 16.6 Å². The van der Waals surface area contributed by atoms with Gasteiger partial charge in [-0.05, 0) is 37.3 Å². The minimum absolute atomic E-state index is 0.247. The molecule has 4 rings (SSSR count). The van der Waals surface area contributed by atoms with Crippen LogP contribution in [0.2, 0.25) is 0 Å². The summed E-state index contributed by atoms with van der Waals surface area (Å²) in [7, 11) is 1.64. The van der Waals surface area contributed by atoms with Crippen molar-refractivity contribution in [3.05, 3.63) is 64.5 Å². The molecule has 7 heteroatoms. The molecule has 146 valence electrons. The number of fused-ring (bicyclic) bond motifs is 1. The maximum Gasteiger partial charge on any atom is 0.189 e. The zero-order chi connectivity index (χ0) is 19.8. The van der Waals surface area contributed by atoms with Crippen molar-refractivity contribution in [1.29, 1.82) is 0 Å². The fraction of sp³-hybridized carbons (Fsp3) is 0.286. The zero-order valence-corrected chi connectivity index (χ0v) is 15.8. The van der Waals surface area contributed by atoms with Crippen molar-refractivity contribution >= 4 is 22.3 Å². The Kier molecular flexibility index (Phi) is 4.77. The highest BCUT2D eigenvalue weighted by Crippen LogP contribution is 2.28.